The standard InChI is InChI=1S/C63H50N4Si2/c64-62(48-39-43-56(44-40-48)68(50-23-7-1-8-24-50,51-25-9-2-10-26-51)52-27-11-3-12-28-52)66-63(65-47-67-60-37-21-19-35-58(60)59-36-20-22-38-61(59)67)49-41-45-57(46-42-49)69(53-29-13-4-14-30-53,54-31-15-5-16-32-54)55-33-17-6-18-34-55/h1-46H,47H2,(H2,64,65,66). The predicted molar refractivity (Wildman–Crippen MR) is 297 cm³/mol. The molecule has 0 atom stereocenters. The van der Waals surface area contributed by atoms with Gasteiger partial charge in [-0.05, 0) is 53.6 Å². The first-order chi connectivity index (χ1) is 34.2. The summed E-state index contributed by atoms with van der Waals surface area (Å²) in [6, 6.07) is 101. The van der Waals surface area contributed by atoms with Crippen molar-refractivity contribution in [3.05, 3.63) is 290 Å². The Kier molecular flexibility index (Phi) is 11.9. The smallest absolute Gasteiger partial charge is 0.179 e. The summed E-state index contributed by atoms with van der Waals surface area (Å²) in [6.07, 6.45) is 0. The van der Waals surface area contributed by atoms with E-state index in [-0.39, 0.29) is 0 Å². The monoisotopic (exact) mass is 918 g/mol. The zero-order chi connectivity index (χ0) is 46.5. The normalized spacial score (nSPS) is 12.3. The molecule has 2 N–H and O–H groups in total. The fourth-order valence-electron chi connectivity index (χ4n) is 10.6. The molecule has 0 aliphatic carbocycles. The maximum atomic E-state index is 7.16. The van der Waals surface area contributed by atoms with Crippen LogP contribution in [-0.4, -0.2) is 32.4 Å². The van der Waals surface area contributed by atoms with Crippen LogP contribution in [-0.2, 0) is 6.67 Å². The number of nitrogens with zero attached hydrogens (tertiary/aromatic N) is 3. The van der Waals surface area contributed by atoms with Crippen LogP contribution in [0.5, 0.6) is 0 Å². The van der Waals surface area contributed by atoms with Crippen LogP contribution in [0.3, 0.4) is 0 Å². The number of hydrogen-bond donors (Lipinski definition) is 1. The van der Waals surface area contributed by atoms with Gasteiger partial charge in [0.2, 0.25) is 0 Å². The fourth-order valence-corrected chi connectivity index (χ4v) is 20.0. The number of para-hydroxylation sites is 2. The van der Waals surface area contributed by atoms with Crippen LogP contribution in [0.4, 0.5) is 0 Å². The zero-order valence-corrected chi connectivity index (χ0v) is 40.2. The van der Waals surface area contributed by atoms with Crippen LogP contribution in [0.15, 0.2) is 289 Å². The van der Waals surface area contributed by atoms with Gasteiger partial charge in [0.25, 0.3) is 0 Å². The van der Waals surface area contributed by atoms with Gasteiger partial charge in [0.05, 0.1) is 11.0 Å². The molecule has 1 aromatic heterocycles. The van der Waals surface area contributed by atoms with Crippen molar-refractivity contribution in [3.63, 3.8) is 0 Å². The first-order valence-electron chi connectivity index (χ1n) is 23.6. The molecule has 69 heavy (non-hydrogen) atoms. The molecule has 4 nitrogen and oxygen atoms in total. The molecule has 0 unspecified atom stereocenters. The molecule has 10 aromatic carbocycles. The molecule has 0 radical (unpaired) electrons. The molecule has 0 bridgehead atoms. The van der Waals surface area contributed by atoms with Crippen molar-refractivity contribution in [2.45, 2.75) is 6.67 Å². The SMILES string of the molecule is NC(=N/C(=N\Cn1c2ccccc2c2ccccc21)c1ccc([Si](c2ccccc2)(c2ccccc2)c2ccccc2)cc1)c1ccc([Si](c2ccccc2)(c2ccccc2)c2ccccc2)cc1. The number of fused-ring (bicyclic) bond motifs is 3. The van der Waals surface area contributed by atoms with E-state index < -0.39 is 16.1 Å². The van der Waals surface area contributed by atoms with E-state index >= 15 is 0 Å². The lowest BCUT2D eigenvalue weighted by molar-refractivity contribution is 0.791. The highest BCUT2D eigenvalue weighted by Gasteiger charge is 2.42. The van der Waals surface area contributed by atoms with Gasteiger partial charge in [-0.25, -0.2) is 9.98 Å². The Bertz CT molecular complexity index is 3300. The molecule has 1 heterocycles. The summed E-state index contributed by atoms with van der Waals surface area (Å²) in [5, 5.41) is 12.8. The van der Waals surface area contributed by atoms with Gasteiger partial charge in [-0.3, -0.25) is 0 Å². The third kappa shape index (κ3) is 7.85. The average Bonchev–Trinajstić information content (AvgIpc) is 3.75. The van der Waals surface area contributed by atoms with E-state index in [2.05, 4.69) is 284 Å². The van der Waals surface area contributed by atoms with Gasteiger partial charge in [0.15, 0.2) is 22.0 Å². The van der Waals surface area contributed by atoms with Crippen LogP contribution in [0, 0.1) is 0 Å². The molecule has 0 spiro atoms. The van der Waals surface area contributed by atoms with E-state index in [1.165, 1.54) is 52.3 Å². The Hall–Kier alpha value is -8.43. The lowest BCUT2D eigenvalue weighted by Gasteiger charge is -2.34. The summed E-state index contributed by atoms with van der Waals surface area (Å²) in [7, 11) is -5.49. The summed E-state index contributed by atoms with van der Waals surface area (Å²) in [5.74, 6) is 0.970. The highest BCUT2D eigenvalue weighted by Crippen LogP contribution is 2.29. The molecule has 0 aliphatic heterocycles. The molecule has 0 aliphatic rings. The molecule has 6 heteroatoms. The number of benzene rings is 10. The maximum Gasteiger partial charge on any atom is 0.179 e. The summed E-state index contributed by atoms with van der Waals surface area (Å²) in [5.41, 5.74) is 11.1. The lowest BCUT2D eigenvalue weighted by Crippen LogP contribution is -2.74. The minimum absolute atomic E-state index is 0.358. The lowest BCUT2D eigenvalue weighted by atomic mass is 10.2. The molecule has 11 aromatic rings. The van der Waals surface area contributed by atoms with E-state index in [0.29, 0.717) is 18.3 Å². The van der Waals surface area contributed by atoms with E-state index in [0.717, 1.165) is 22.2 Å². The second-order valence-electron chi connectivity index (χ2n) is 17.4. The van der Waals surface area contributed by atoms with Gasteiger partial charge in [0, 0.05) is 21.9 Å². The van der Waals surface area contributed by atoms with Crippen molar-refractivity contribution in [2.75, 3.05) is 0 Å². The van der Waals surface area contributed by atoms with Gasteiger partial charge >= 0.3 is 0 Å². The van der Waals surface area contributed by atoms with E-state index in [9.17, 15) is 0 Å². The first-order valence-corrected chi connectivity index (χ1v) is 27.6. The minimum Gasteiger partial charge on any atom is -0.383 e. The summed E-state index contributed by atoms with van der Waals surface area (Å²) in [6.45, 7) is 0.358. The molecular formula is C63H50N4Si2. The van der Waals surface area contributed by atoms with Crippen molar-refractivity contribution in [1.82, 2.24) is 4.57 Å². The van der Waals surface area contributed by atoms with Crippen molar-refractivity contribution in [3.8, 4) is 0 Å². The van der Waals surface area contributed by atoms with Gasteiger partial charge < -0.3 is 10.3 Å². The number of aromatic nitrogens is 1. The molecule has 330 valence electrons. The Morgan fingerprint density at radius 3 is 0.928 bits per heavy atom. The zero-order valence-electron chi connectivity index (χ0n) is 38.2. The van der Waals surface area contributed by atoms with Crippen LogP contribution in [0.2, 0.25) is 0 Å². The van der Waals surface area contributed by atoms with Gasteiger partial charge in [-0.2, -0.15) is 0 Å². The highest BCUT2D eigenvalue weighted by atomic mass is 28.3. The molecule has 0 saturated carbocycles. The number of rotatable bonds is 12. The number of amidine groups is 2. The molecule has 11 rings (SSSR count). The van der Waals surface area contributed by atoms with Crippen molar-refractivity contribution in [1.29, 1.82) is 0 Å². The van der Waals surface area contributed by atoms with Crippen LogP contribution >= 0.6 is 0 Å². The quantitative estimate of drug-likeness (QED) is 0.0570. The van der Waals surface area contributed by atoms with Crippen molar-refractivity contribution in [2.24, 2.45) is 15.7 Å². The second kappa shape index (κ2) is 19.1. The molecule has 0 fully saturated rings. The second-order valence-corrected chi connectivity index (χ2v) is 25.1. The Balaban J connectivity index is 1.05. The van der Waals surface area contributed by atoms with Gasteiger partial charge in [0.1, 0.15) is 12.5 Å². The van der Waals surface area contributed by atoms with E-state index in [1.54, 1.807) is 0 Å². The third-order valence-electron chi connectivity index (χ3n) is 13.7. The highest BCUT2D eigenvalue weighted by molar-refractivity contribution is 7.20. The van der Waals surface area contributed by atoms with Crippen molar-refractivity contribution < 1.29 is 0 Å². The predicted octanol–water partition coefficient (Wildman–Crippen LogP) is 8.36. The number of nitrogens with two attached hydrogens (primary N) is 1. The Labute approximate surface area is 406 Å². The molecule has 0 saturated heterocycles. The van der Waals surface area contributed by atoms with E-state index in [1.807, 2.05) is 0 Å². The summed E-state index contributed by atoms with van der Waals surface area (Å²) >= 11 is 0. The van der Waals surface area contributed by atoms with Crippen LogP contribution in [0.25, 0.3) is 21.8 Å². The summed E-state index contributed by atoms with van der Waals surface area (Å²) in [4.78, 5) is 10.6. The summed E-state index contributed by atoms with van der Waals surface area (Å²) < 4.78 is 2.28. The van der Waals surface area contributed by atoms with Crippen molar-refractivity contribution >= 4 is 91.1 Å². The van der Waals surface area contributed by atoms with E-state index in [4.69, 9.17) is 15.7 Å². The van der Waals surface area contributed by atoms with Crippen LogP contribution < -0.4 is 47.2 Å². The van der Waals surface area contributed by atoms with Gasteiger partial charge in [-0.15, -0.1) is 0 Å². The number of hydrogen-bond acceptors (Lipinski definition) is 1. The maximum absolute atomic E-state index is 7.16. The minimum atomic E-state index is -2.76. The first kappa shape index (κ1) is 43.2. The van der Waals surface area contributed by atoms with Gasteiger partial charge in [-0.1, -0.05) is 267 Å². The largest absolute Gasteiger partial charge is 0.383 e. The third-order valence-corrected chi connectivity index (χ3v) is 23.3. The average molecular weight is 919 g/mol. The van der Waals surface area contributed by atoms with Crippen LogP contribution in [0.1, 0.15) is 11.1 Å². The Morgan fingerprint density at radius 1 is 0.319 bits per heavy atom. The Morgan fingerprint density at radius 2 is 0.594 bits per heavy atom. The molecular weight excluding hydrogens is 869 g/mol. The fraction of sp³-hybridized carbons (Fsp3) is 0.0159. The molecule has 0 amide bonds. The topological polar surface area (TPSA) is 55.7 Å². The number of aliphatic imine (C=N–C) groups is 2.